The highest BCUT2D eigenvalue weighted by Crippen LogP contribution is 2.08. The number of rotatable bonds is 7. The summed E-state index contributed by atoms with van der Waals surface area (Å²) in [4.78, 5) is 25.1. The van der Waals surface area contributed by atoms with Gasteiger partial charge in [0, 0.05) is 12.6 Å². The smallest absolute Gasteiger partial charge is 0.407 e. The molecule has 6 heteroatoms. The third kappa shape index (κ3) is 5.27. The molecule has 1 aromatic carbocycles. The van der Waals surface area contributed by atoms with Gasteiger partial charge in [-0.3, -0.25) is 9.69 Å². The van der Waals surface area contributed by atoms with E-state index in [9.17, 15) is 9.59 Å². The lowest BCUT2D eigenvalue weighted by Gasteiger charge is -2.29. The molecule has 1 aromatic rings. The second-order valence-corrected chi connectivity index (χ2v) is 4.94. The summed E-state index contributed by atoms with van der Waals surface area (Å²) in [7, 11) is 3.77. The first-order valence-corrected chi connectivity index (χ1v) is 6.36. The molecule has 6 nitrogen and oxygen atoms in total. The van der Waals surface area contributed by atoms with Gasteiger partial charge < -0.3 is 15.7 Å². The van der Waals surface area contributed by atoms with Gasteiger partial charge in [-0.1, -0.05) is 30.3 Å². The van der Waals surface area contributed by atoms with E-state index >= 15 is 0 Å². The first kappa shape index (κ1) is 16.0. The second kappa shape index (κ2) is 7.49. The van der Waals surface area contributed by atoms with Gasteiger partial charge >= 0.3 is 6.09 Å². The van der Waals surface area contributed by atoms with Gasteiger partial charge in [-0.15, -0.1) is 0 Å². The number of likely N-dealkylation sites (N-methyl/N-ethyl adjacent to an activating group) is 1. The fourth-order valence-corrected chi connectivity index (χ4v) is 1.95. The van der Waals surface area contributed by atoms with Crippen LogP contribution >= 0.6 is 0 Å². The summed E-state index contributed by atoms with van der Waals surface area (Å²) >= 11 is 0. The van der Waals surface area contributed by atoms with Crippen LogP contribution < -0.4 is 5.73 Å². The second-order valence-electron chi connectivity index (χ2n) is 4.94. The van der Waals surface area contributed by atoms with E-state index in [1.807, 2.05) is 49.3 Å². The van der Waals surface area contributed by atoms with Crippen LogP contribution in [0.2, 0.25) is 0 Å². The summed E-state index contributed by atoms with van der Waals surface area (Å²) in [6, 6.07) is 9.80. The van der Waals surface area contributed by atoms with Gasteiger partial charge in [-0.2, -0.15) is 0 Å². The van der Waals surface area contributed by atoms with Gasteiger partial charge in [0.05, 0.1) is 0 Å². The molecule has 0 heterocycles. The van der Waals surface area contributed by atoms with Gasteiger partial charge in [0.2, 0.25) is 5.91 Å². The lowest BCUT2D eigenvalue weighted by molar-refractivity contribution is -0.119. The van der Waals surface area contributed by atoms with Gasteiger partial charge in [0.25, 0.3) is 0 Å². The highest BCUT2D eigenvalue weighted by atomic mass is 16.4. The molecule has 1 unspecified atom stereocenters. The van der Waals surface area contributed by atoms with E-state index in [4.69, 9.17) is 10.8 Å². The molecular formula is C14H21N3O3. The number of benzene rings is 1. The van der Waals surface area contributed by atoms with Gasteiger partial charge in [0.15, 0.2) is 0 Å². The van der Waals surface area contributed by atoms with Crippen LogP contribution in [-0.4, -0.2) is 60.1 Å². The molecule has 1 rings (SSSR count). The molecule has 0 spiro atoms. The summed E-state index contributed by atoms with van der Waals surface area (Å²) in [6.45, 7) is -0.0470. The molecule has 3 N–H and O–H groups in total. The molecule has 0 aliphatic heterocycles. The normalized spacial score (nSPS) is 12.2. The zero-order chi connectivity index (χ0) is 15.1. The fourth-order valence-electron chi connectivity index (χ4n) is 1.95. The minimum Gasteiger partial charge on any atom is -0.465 e. The molecule has 0 aliphatic carbocycles. The van der Waals surface area contributed by atoms with Crippen molar-refractivity contribution in [3.05, 3.63) is 35.9 Å². The lowest BCUT2D eigenvalue weighted by Crippen LogP contribution is -2.46. The van der Waals surface area contributed by atoms with E-state index in [0.29, 0.717) is 6.42 Å². The monoisotopic (exact) mass is 279 g/mol. The van der Waals surface area contributed by atoms with Crippen LogP contribution in [0.5, 0.6) is 0 Å². The highest BCUT2D eigenvalue weighted by molar-refractivity contribution is 5.80. The SMILES string of the molecule is CN(C)C(Cc1ccccc1)CN(CC(N)=O)C(=O)O. The highest BCUT2D eigenvalue weighted by Gasteiger charge is 2.21. The third-order valence-electron chi connectivity index (χ3n) is 3.09. The standard InChI is InChI=1S/C14H21N3O3/c1-16(2)12(8-11-6-4-3-5-7-11)9-17(14(19)20)10-13(15)18/h3-7,12H,8-10H2,1-2H3,(H2,15,18)(H,19,20). The third-order valence-corrected chi connectivity index (χ3v) is 3.09. The van der Waals surface area contributed by atoms with Crippen LogP contribution in [0.1, 0.15) is 5.56 Å². The zero-order valence-corrected chi connectivity index (χ0v) is 11.8. The van der Waals surface area contributed by atoms with Crippen molar-refractivity contribution in [2.75, 3.05) is 27.2 Å². The van der Waals surface area contributed by atoms with Crippen LogP contribution in [0.4, 0.5) is 4.79 Å². The molecule has 20 heavy (non-hydrogen) atoms. The van der Waals surface area contributed by atoms with E-state index in [-0.39, 0.29) is 19.1 Å². The molecule has 0 saturated heterocycles. The molecule has 0 radical (unpaired) electrons. The fraction of sp³-hybridized carbons (Fsp3) is 0.429. The van der Waals surface area contributed by atoms with Crippen molar-refractivity contribution >= 4 is 12.0 Å². The lowest BCUT2D eigenvalue weighted by atomic mass is 10.0. The Balaban J connectivity index is 2.75. The predicted molar refractivity (Wildman–Crippen MR) is 76.4 cm³/mol. The number of carbonyl (C=O) groups is 2. The number of amides is 2. The Hall–Kier alpha value is -2.08. The molecule has 2 amide bonds. The average molecular weight is 279 g/mol. The van der Waals surface area contributed by atoms with Crippen molar-refractivity contribution in [3.8, 4) is 0 Å². The maximum atomic E-state index is 11.1. The van der Waals surface area contributed by atoms with Crippen molar-refractivity contribution in [3.63, 3.8) is 0 Å². The van der Waals surface area contributed by atoms with Crippen molar-refractivity contribution in [2.45, 2.75) is 12.5 Å². The summed E-state index contributed by atoms with van der Waals surface area (Å²) in [5.74, 6) is -0.649. The predicted octanol–water partition coefficient (Wildman–Crippen LogP) is 0.625. The van der Waals surface area contributed by atoms with E-state index in [1.54, 1.807) is 0 Å². The Morgan fingerprint density at radius 3 is 2.30 bits per heavy atom. The zero-order valence-electron chi connectivity index (χ0n) is 11.8. The van der Waals surface area contributed by atoms with Crippen LogP contribution in [-0.2, 0) is 11.2 Å². The van der Waals surface area contributed by atoms with Crippen molar-refractivity contribution in [2.24, 2.45) is 5.73 Å². The molecule has 0 fully saturated rings. The van der Waals surface area contributed by atoms with Crippen LogP contribution in [0, 0.1) is 0 Å². The molecular weight excluding hydrogens is 258 g/mol. The minimum absolute atomic E-state index is 0.0205. The minimum atomic E-state index is -1.14. The number of primary amides is 1. The number of nitrogens with two attached hydrogens (primary N) is 1. The molecule has 1 atom stereocenters. The van der Waals surface area contributed by atoms with E-state index in [2.05, 4.69) is 0 Å². The van der Waals surface area contributed by atoms with Crippen LogP contribution in [0.3, 0.4) is 0 Å². The van der Waals surface area contributed by atoms with Crippen LogP contribution in [0.15, 0.2) is 30.3 Å². The maximum absolute atomic E-state index is 11.1. The Bertz CT molecular complexity index is 448. The summed E-state index contributed by atoms with van der Waals surface area (Å²) < 4.78 is 0. The first-order chi connectivity index (χ1) is 9.40. The van der Waals surface area contributed by atoms with Gasteiger partial charge in [-0.25, -0.2) is 4.79 Å². The van der Waals surface area contributed by atoms with E-state index in [0.717, 1.165) is 10.5 Å². The molecule has 0 aromatic heterocycles. The molecule has 0 aliphatic rings. The Morgan fingerprint density at radius 1 is 1.25 bits per heavy atom. The van der Waals surface area contributed by atoms with E-state index in [1.165, 1.54) is 0 Å². The maximum Gasteiger partial charge on any atom is 0.407 e. The number of hydrogen-bond donors (Lipinski definition) is 2. The summed E-state index contributed by atoms with van der Waals surface area (Å²) in [6.07, 6.45) is -0.431. The first-order valence-electron chi connectivity index (χ1n) is 6.36. The quantitative estimate of drug-likeness (QED) is 0.766. The van der Waals surface area contributed by atoms with Gasteiger partial charge in [-0.05, 0) is 26.1 Å². The van der Waals surface area contributed by atoms with Crippen molar-refractivity contribution in [1.29, 1.82) is 0 Å². The Labute approximate surface area is 118 Å². The van der Waals surface area contributed by atoms with Crippen molar-refractivity contribution in [1.82, 2.24) is 9.80 Å². The van der Waals surface area contributed by atoms with Crippen LogP contribution in [0.25, 0.3) is 0 Å². The Kier molecular flexibility index (Phi) is 5.99. The summed E-state index contributed by atoms with van der Waals surface area (Å²) in [5.41, 5.74) is 6.20. The largest absolute Gasteiger partial charge is 0.465 e. The topological polar surface area (TPSA) is 86.9 Å². The number of hydrogen-bond acceptors (Lipinski definition) is 3. The number of nitrogens with zero attached hydrogens (tertiary/aromatic N) is 2. The molecule has 0 saturated carbocycles. The molecule has 110 valence electrons. The van der Waals surface area contributed by atoms with Crippen molar-refractivity contribution < 1.29 is 14.7 Å². The Morgan fingerprint density at radius 2 is 1.85 bits per heavy atom. The van der Waals surface area contributed by atoms with Gasteiger partial charge in [0.1, 0.15) is 6.54 Å². The number of carbonyl (C=O) groups excluding carboxylic acids is 1. The van der Waals surface area contributed by atoms with E-state index < -0.39 is 12.0 Å². The number of carboxylic acid groups (broad SMARTS) is 1. The summed E-state index contributed by atoms with van der Waals surface area (Å²) in [5, 5.41) is 9.12. The average Bonchev–Trinajstić information content (AvgIpc) is 2.37. The molecule has 0 bridgehead atoms.